The Morgan fingerprint density at radius 1 is 1.21 bits per heavy atom. The Morgan fingerprint density at radius 3 is 2.86 bits per heavy atom. The van der Waals surface area contributed by atoms with E-state index in [4.69, 9.17) is 4.74 Å². The second-order valence-electron chi connectivity index (χ2n) is 7.76. The van der Waals surface area contributed by atoms with Crippen molar-refractivity contribution in [2.75, 3.05) is 31.1 Å². The first-order chi connectivity index (χ1) is 14.0. The number of carbonyl (C=O) groups is 2. The number of hydrogen-bond donors (Lipinski definition) is 0. The van der Waals surface area contributed by atoms with Crippen molar-refractivity contribution in [1.82, 2.24) is 9.88 Å². The van der Waals surface area contributed by atoms with E-state index < -0.39 is 5.60 Å². The van der Waals surface area contributed by atoms with E-state index in [1.54, 1.807) is 35.4 Å². The third kappa shape index (κ3) is 4.15. The quantitative estimate of drug-likeness (QED) is 0.782. The molecule has 1 unspecified atom stereocenters. The number of hydrogen-bond acceptors (Lipinski definition) is 4. The summed E-state index contributed by atoms with van der Waals surface area (Å²) in [6.45, 7) is 3.38. The molecule has 0 aliphatic carbocycles. The van der Waals surface area contributed by atoms with Gasteiger partial charge in [-0.2, -0.15) is 0 Å². The Morgan fingerprint density at radius 2 is 2.07 bits per heavy atom. The van der Waals surface area contributed by atoms with Crippen molar-refractivity contribution in [1.29, 1.82) is 0 Å². The van der Waals surface area contributed by atoms with Crippen LogP contribution in [0.15, 0.2) is 42.6 Å². The van der Waals surface area contributed by atoms with E-state index in [1.165, 1.54) is 12.1 Å². The predicted octanol–water partition coefficient (Wildman–Crippen LogP) is 2.96. The minimum absolute atomic E-state index is 0.0126. The van der Waals surface area contributed by atoms with Crippen LogP contribution in [0.4, 0.5) is 10.1 Å². The summed E-state index contributed by atoms with van der Waals surface area (Å²) in [7, 11) is 0. The van der Waals surface area contributed by atoms with Crippen LogP contribution in [-0.2, 0) is 9.53 Å². The lowest BCUT2D eigenvalue weighted by atomic mass is 9.92. The van der Waals surface area contributed by atoms with Crippen LogP contribution in [0.1, 0.15) is 35.3 Å². The van der Waals surface area contributed by atoms with E-state index in [0.717, 1.165) is 18.5 Å². The van der Waals surface area contributed by atoms with Crippen LogP contribution in [0.5, 0.6) is 0 Å². The Hall–Kier alpha value is -2.80. The van der Waals surface area contributed by atoms with Crippen molar-refractivity contribution in [3.8, 4) is 0 Å². The summed E-state index contributed by atoms with van der Waals surface area (Å²) < 4.78 is 19.7. The molecular weight excluding hydrogens is 373 g/mol. The van der Waals surface area contributed by atoms with Gasteiger partial charge in [-0.25, -0.2) is 4.39 Å². The summed E-state index contributed by atoms with van der Waals surface area (Å²) >= 11 is 0. The van der Waals surface area contributed by atoms with Crippen LogP contribution in [0.3, 0.4) is 0 Å². The number of halogens is 1. The molecule has 1 aromatic heterocycles. The van der Waals surface area contributed by atoms with Crippen LogP contribution in [0.2, 0.25) is 0 Å². The van der Waals surface area contributed by atoms with Gasteiger partial charge >= 0.3 is 0 Å². The van der Waals surface area contributed by atoms with Crippen LogP contribution < -0.4 is 4.90 Å². The molecule has 0 N–H and O–H groups in total. The van der Waals surface area contributed by atoms with Crippen molar-refractivity contribution >= 4 is 17.5 Å². The number of morpholine rings is 1. The number of benzene rings is 1. The number of likely N-dealkylation sites (tertiary alicyclic amines) is 1. The Kier molecular flexibility index (Phi) is 5.32. The van der Waals surface area contributed by atoms with Gasteiger partial charge < -0.3 is 14.5 Å². The van der Waals surface area contributed by atoms with Crippen LogP contribution in [0.25, 0.3) is 0 Å². The van der Waals surface area contributed by atoms with E-state index in [2.05, 4.69) is 4.98 Å². The SMILES string of the molecule is Cc1cc(C(=O)N2CCCC3(CC2)CN(c2cccc(F)c2)C(=O)CO3)ccn1. The molecule has 0 saturated carbocycles. The van der Waals surface area contributed by atoms with Crippen LogP contribution in [-0.4, -0.2) is 53.5 Å². The van der Waals surface area contributed by atoms with Crippen LogP contribution >= 0.6 is 0 Å². The third-order valence-corrected chi connectivity index (χ3v) is 5.70. The molecule has 1 spiro atoms. The molecule has 2 saturated heterocycles. The van der Waals surface area contributed by atoms with Gasteiger partial charge in [0.25, 0.3) is 11.8 Å². The summed E-state index contributed by atoms with van der Waals surface area (Å²) in [6, 6.07) is 9.60. The normalized spacial score (nSPS) is 22.6. The molecule has 7 heteroatoms. The molecule has 2 fully saturated rings. The zero-order valence-electron chi connectivity index (χ0n) is 16.4. The maximum Gasteiger partial charge on any atom is 0.253 e. The predicted molar refractivity (Wildman–Crippen MR) is 106 cm³/mol. The topological polar surface area (TPSA) is 62.7 Å². The molecule has 4 rings (SSSR count). The lowest BCUT2D eigenvalue weighted by molar-refractivity contribution is -0.140. The van der Waals surface area contributed by atoms with E-state index in [0.29, 0.717) is 37.3 Å². The lowest BCUT2D eigenvalue weighted by Crippen LogP contribution is -2.55. The molecule has 29 heavy (non-hydrogen) atoms. The molecule has 152 valence electrons. The molecule has 3 heterocycles. The van der Waals surface area contributed by atoms with Gasteiger partial charge in [0.2, 0.25) is 0 Å². The van der Waals surface area contributed by atoms with Crippen LogP contribution in [0, 0.1) is 12.7 Å². The second kappa shape index (κ2) is 7.91. The number of aryl methyl sites for hydroxylation is 1. The van der Waals surface area contributed by atoms with Gasteiger partial charge in [-0.3, -0.25) is 14.6 Å². The fourth-order valence-corrected chi connectivity index (χ4v) is 4.13. The number of amides is 2. The monoisotopic (exact) mass is 397 g/mol. The number of ether oxygens (including phenoxy) is 1. The zero-order chi connectivity index (χ0) is 20.4. The first-order valence-electron chi connectivity index (χ1n) is 9.88. The van der Waals surface area contributed by atoms with E-state index in [-0.39, 0.29) is 24.2 Å². The average molecular weight is 397 g/mol. The summed E-state index contributed by atoms with van der Waals surface area (Å²) in [6.07, 6.45) is 3.79. The van der Waals surface area contributed by atoms with Crippen molar-refractivity contribution in [2.24, 2.45) is 0 Å². The van der Waals surface area contributed by atoms with E-state index in [9.17, 15) is 14.0 Å². The molecule has 2 aliphatic heterocycles. The minimum Gasteiger partial charge on any atom is -0.363 e. The molecule has 2 aromatic rings. The number of pyridine rings is 1. The molecular formula is C22H24FN3O3. The molecule has 0 radical (unpaired) electrons. The second-order valence-corrected chi connectivity index (χ2v) is 7.76. The van der Waals surface area contributed by atoms with Gasteiger partial charge in [0, 0.05) is 36.2 Å². The largest absolute Gasteiger partial charge is 0.363 e. The van der Waals surface area contributed by atoms with Gasteiger partial charge in [-0.05, 0) is 56.5 Å². The highest BCUT2D eigenvalue weighted by Crippen LogP contribution is 2.33. The maximum atomic E-state index is 13.7. The lowest BCUT2D eigenvalue weighted by Gasteiger charge is -2.42. The number of aromatic nitrogens is 1. The fraction of sp³-hybridized carbons (Fsp3) is 0.409. The minimum atomic E-state index is -0.524. The molecule has 2 amide bonds. The van der Waals surface area contributed by atoms with Gasteiger partial charge in [0.05, 0.1) is 12.1 Å². The highest BCUT2D eigenvalue weighted by atomic mass is 19.1. The first-order valence-corrected chi connectivity index (χ1v) is 9.88. The standard InChI is InChI=1S/C22H24FN3O3/c1-16-12-17(6-9-24-16)21(28)25-10-3-7-22(8-11-25)15-26(20(27)14-29-22)19-5-2-4-18(23)13-19/h2,4-6,9,12-13H,3,7-8,10-11,14-15H2,1H3. The molecule has 0 bridgehead atoms. The van der Waals surface area contributed by atoms with E-state index in [1.807, 2.05) is 11.8 Å². The Balaban J connectivity index is 1.49. The number of anilines is 1. The van der Waals surface area contributed by atoms with Gasteiger partial charge in [-0.1, -0.05) is 6.07 Å². The van der Waals surface area contributed by atoms with E-state index >= 15 is 0 Å². The summed E-state index contributed by atoms with van der Waals surface area (Å²) in [5.74, 6) is -0.562. The van der Waals surface area contributed by atoms with Crippen molar-refractivity contribution in [3.05, 3.63) is 59.7 Å². The summed E-state index contributed by atoms with van der Waals surface area (Å²) in [5.41, 5.74) is 1.46. The number of nitrogens with zero attached hydrogens (tertiary/aromatic N) is 3. The summed E-state index contributed by atoms with van der Waals surface area (Å²) in [4.78, 5) is 32.9. The molecule has 2 aliphatic rings. The first kappa shape index (κ1) is 19.5. The number of carbonyl (C=O) groups excluding carboxylic acids is 2. The molecule has 6 nitrogen and oxygen atoms in total. The Bertz CT molecular complexity index is 935. The highest BCUT2D eigenvalue weighted by molar-refractivity contribution is 5.95. The van der Waals surface area contributed by atoms with Crippen molar-refractivity contribution in [2.45, 2.75) is 31.8 Å². The third-order valence-electron chi connectivity index (χ3n) is 5.70. The fourth-order valence-electron chi connectivity index (χ4n) is 4.13. The van der Waals surface area contributed by atoms with Gasteiger partial charge in [-0.15, -0.1) is 0 Å². The number of rotatable bonds is 2. The van der Waals surface area contributed by atoms with Gasteiger partial charge in [0.15, 0.2) is 0 Å². The smallest absolute Gasteiger partial charge is 0.253 e. The van der Waals surface area contributed by atoms with Crippen molar-refractivity contribution < 1.29 is 18.7 Å². The maximum absolute atomic E-state index is 13.7. The molecule has 1 aromatic carbocycles. The zero-order valence-corrected chi connectivity index (χ0v) is 16.4. The van der Waals surface area contributed by atoms with Gasteiger partial charge in [0.1, 0.15) is 12.4 Å². The highest BCUT2D eigenvalue weighted by Gasteiger charge is 2.42. The van der Waals surface area contributed by atoms with Crippen molar-refractivity contribution in [3.63, 3.8) is 0 Å². The average Bonchev–Trinajstić information content (AvgIpc) is 2.92. The Labute approximate surface area is 169 Å². The molecule has 1 atom stereocenters. The summed E-state index contributed by atoms with van der Waals surface area (Å²) in [5, 5.41) is 0.